The summed E-state index contributed by atoms with van der Waals surface area (Å²) in [7, 11) is 1.36. The summed E-state index contributed by atoms with van der Waals surface area (Å²) in [5, 5.41) is 7.48. The summed E-state index contributed by atoms with van der Waals surface area (Å²) in [6, 6.07) is 14.9. The summed E-state index contributed by atoms with van der Waals surface area (Å²) in [5.41, 5.74) is 2.46. The molecule has 2 rings (SSSR count). The molecule has 0 atom stereocenters. The van der Waals surface area contributed by atoms with Crippen molar-refractivity contribution in [2.45, 2.75) is 12.8 Å². The van der Waals surface area contributed by atoms with Gasteiger partial charge in [0, 0.05) is 17.3 Å². The number of methoxy groups -OCH3 is 1. The first-order valence-corrected chi connectivity index (χ1v) is 8.35. The van der Waals surface area contributed by atoms with Crippen LogP contribution in [0.1, 0.15) is 22.3 Å². The van der Waals surface area contributed by atoms with Gasteiger partial charge >= 0.3 is 5.97 Å². The van der Waals surface area contributed by atoms with E-state index in [4.69, 9.17) is 28.6 Å². The van der Waals surface area contributed by atoms with Crippen LogP contribution < -0.4 is 10.6 Å². The standard InChI is InChI=1S/C18H19ClN2O2S/c1-23-17(22)14-5-2-6-16(12-14)21-18(24)20-11-3-4-13-7-9-15(19)10-8-13/h2,5-10,12H,3-4,11H2,1H3,(H2,20,21,24). The Morgan fingerprint density at radius 1 is 1.21 bits per heavy atom. The highest BCUT2D eigenvalue weighted by atomic mass is 35.5. The summed E-state index contributed by atoms with van der Waals surface area (Å²) >= 11 is 11.1. The quantitative estimate of drug-likeness (QED) is 0.461. The Morgan fingerprint density at radius 2 is 1.96 bits per heavy atom. The number of halogens is 1. The Bertz CT molecular complexity index is 704. The Balaban J connectivity index is 1.75. The largest absolute Gasteiger partial charge is 0.465 e. The van der Waals surface area contributed by atoms with Gasteiger partial charge < -0.3 is 15.4 Å². The van der Waals surface area contributed by atoms with E-state index < -0.39 is 0 Å². The van der Waals surface area contributed by atoms with Crippen molar-refractivity contribution in [1.29, 1.82) is 0 Å². The van der Waals surface area contributed by atoms with Gasteiger partial charge in [-0.25, -0.2) is 4.79 Å². The molecule has 0 spiro atoms. The fraction of sp³-hybridized carbons (Fsp3) is 0.222. The molecule has 4 nitrogen and oxygen atoms in total. The van der Waals surface area contributed by atoms with Crippen LogP contribution in [0.4, 0.5) is 5.69 Å². The van der Waals surface area contributed by atoms with E-state index in [0.29, 0.717) is 10.7 Å². The van der Waals surface area contributed by atoms with Crippen molar-refractivity contribution in [1.82, 2.24) is 5.32 Å². The van der Waals surface area contributed by atoms with Gasteiger partial charge in [0.25, 0.3) is 0 Å². The second-order valence-electron chi connectivity index (χ2n) is 5.18. The number of anilines is 1. The van der Waals surface area contributed by atoms with E-state index in [9.17, 15) is 4.79 Å². The number of thiocarbonyl (C=S) groups is 1. The summed E-state index contributed by atoms with van der Waals surface area (Å²) in [4.78, 5) is 11.5. The van der Waals surface area contributed by atoms with Crippen molar-refractivity contribution in [3.63, 3.8) is 0 Å². The molecule has 0 amide bonds. The molecule has 0 aromatic heterocycles. The minimum Gasteiger partial charge on any atom is -0.465 e. The first kappa shape index (κ1) is 18.2. The number of nitrogens with one attached hydrogen (secondary N) is 2. The van der Waals surface area contributed by atoms with Crippen LogP contribution in [0, 0.1) is 0 Å². The predicted octanol–water partition coefficient (Wildman–Crippen LogP) is 4.05. The normalized spacial score (nSPS) is 10.1. The first-order chi connectivity index (χ1) is 11.6. The molecular weight excluding hydrogens is 344 g/mol. The summed E-state index contributed by atoms with van der Waals surface area (Å²) < 4.78 is 4.70. The third-order valence-corrected chi connectivity index (χ3v) is 3.88. The van der Waals surface area contributed by atoms with Gasteiger partial charge in [-0.1, -0.05) is 29.8 Å². The van der Waals surface area contributed by atoms with E-state index in [2.05, 4.69) is 10.6 Å². The van der Waals surface area contributed by atoms with Gasteiger partial charge in [-0.15, -0.1) is 0 Å². The van der Waals surface area contributed by atoms with E-state index in [-0.39, 0.29) is 5.97 Å². The highest BCUT2D eigenvalue weighted by Gasteiger charge is 2.06. The molecule has 6 heteroatoms. The van der Waals surface area contributed by atoms with E-state index in [0.717, 1.165) is 30.1 Å². The molecule has 0 heterocycles. The summed E-state index contributed by atoms with van der Waals surface area (Å²) in [6.45, 7) is 0.755. The molecule has 0 bridgehead atoms. The fourth-order valence-electron chi connectivity index (χ4n) is 2.16. The molecule has 0 unspecified atom stereocenters. The Morgan fingerprint density at radius 3 is 2.67 bits per heavy atom. The van der Waals surface area contributed by atoms with E-state index in [1.807, 2.05) is 30.3 Å². The lowest BCUT2D eigenvalue weighted by Crippen LogP contribution is -2.29. The van der Waals surface area contributed by atoms with Crippen molar-refractivity contribution in [2.75, 3.05) is 19.0 Å². The summed E-state index contributed by atoms with van der Waals surface area (Å²) in [6.07, 6.45) is 1.90. The van der Waals surface area contributed by atoms with Crippen LogP contribution in [0.3, 0.4) is 0 Å². The molecule has 0 aliphatic heterocycles. The number of benzene rings is 2. The maximum absolute atomic E-state index is 11.5. The number of hydrogen-bond donors (Lipinski definition) is 2. The monoisotopic (exact) mass is 362 g/mol. The van der Waals surface area contributed by atoms with Crippen molar-refractivity contribution >= 4 is 40.6 Å². The third-order valence-electron chi connectivity index (χ3n) is 3.38. The highest BCUT2D eigenvalue weighted by molar-refractivity contribution is 7.80. The van der Waals surface area contributed by atoms with Crippen LogP contribution in [0.5, 0.6) is 0 Å². The second kappa shape index (κ2) is 9.25. The molecule has 24 heavy (non-hydrogen) atoms. The smallest absolute Gasteiger partial charge is 0.337 e. The topological polar surface area (TPSA) is 50.4 Å². The number of carbonyl (C=O) groups excluding carboxylic acids is 1. The van der Waals surface area contributed by atoms with Crippen molar-refractivity contribution < 1.29 is 9.53 Å². The minimum atomic E-state index is -0.375. The average molecular weight is 363 g/mol. The maximum atomic E-state index is 11.5. The first-order valence-electron chi connectivity index (χ1n) is 7.56. The van der Waals surface area contributed by atoms with E-state index in [1.54, 1.807) is 18.2 Å². The summed E-state index contributed by atoms with van der Waals surface area (Å²) in [5.74, 6) is -0.375. The zero-order valence-corrected chi connectivity index (χ0v) is 14.9. The molecule has 0 aliphatic carbocycles. The molecule has 0 saturated heterocycles. The van der Waals surface area contributed by atoms with Crippen LogP contribution in [-0.4, -0.2) is 24.7 Å². The zero-order valence-electron chi connectivity index (χ0n) is 13.3. The molecule has 0 aliphatic rings. The highest BCUT2D eigenvalue weighted by Crippen LogP contribution is 2.12. The number of hydrogen-bond acceptors (Lipinski definition) is 3. The average Bonchev–Trinajstić information content (AvgIpc) is 2.60. The van der Waals surface area contributed by atoms with E-state index in [1.165, 1.54) is 12.7 Å². The molecule has 0 saturated carbocycles. The number of esters is 1. The van der Waals surface area contributed by atoms with Gasteiger partial charge in [0.1, 0.15) is 0 Å². The molecule has 0 radical (unpaired) electrons. The van der Waals surface area contributed by atoms with Crippen LogP contribution in [0.15, 0.2) is 48.5 Å². The minimum absolute atomic E-state index is 0.375. The molecule has 2 aromatic rings. The molecule has 126 valence electrons. The zero-order chi connectivity index (χ0) is 17.4. The molecular formula is C18H19ClN2O2S. The van der Waals surface area contributed by atoms with Gasteiger partial charge in [-0.3, -0.25) is 0 Å². The SMILES string of the molecule is COC(=O)c1cccc(NC(=S)NCCCc2ccc(Cl)cc2)c1. The number of carbonyl (C=O) groups is 1. The van der Waals surface area contributed by atoms with Crippen molar-refractivity contribution in [2.24, 2.45) is 0 Å². The van der Waals surface area contributed by atoms with Gasteiger partial charge in [-0.2, -0.15) is 0 Å². The lowest BCUT2D eigenvalue weighted by atomic mass is 10.1. The van der Waals surface area contributed by atoms with Gasteiger partial charge in [-0.05, 0) is 61.0 Å². The van der Waals surface area contributed by atoms with Crippen LogP contribution in [0.25, 0.3) is 0 Å². The third kappa shape index (κ3) is 5.83. The number of aryl methyl sites for hydroxylation is 1. The van der Waals surface area contributed by atoms with Crippen molar-refractivity contribution in [3.8, 4) is 0 Å². The van der Waals surface area contributed by atoms with Crippen LogP contribution in [-0.2, 0) is 11.2 Å². The lowest BCUT2D eigenvalue weighted by Gasteiger charge is -2.11. The molecule has 0 fully saturated rings. The number of ether oxygens (including phenoxy) is 1. The van der Waals surface area contributed by atoms with Gasteiger partial charge in [0.15, 0.2) is 5.11 Å². The maximum Gasteiger partial charge on any atom is 0.337 e. The fourth-order valence-corrected chi connectivity index (χ4v) is 2.51. The second-order valence-corrected chi connectivity index (χ2v) is 6.03. The van der Waals surface area contributed by atoms with Gasteiger partial charge in [0.2, 0.25) is 0 Å². The Hall–Kier alpha value is -2.11. The predicted molar refractivity (Wildman–Crippen MR) is 102 cm³/mol. The Kier molecular flexibility index (Phi) is 7.03. The molecule has 2 aromatic carbocycles. The van der Waals surface area contributed by atoms with Gasteiger partial charge in [0.05, 0.1) is 12.7 Å². The van der Waals surface area contributed by atoms with Crippen LogP contribution >= 0.6 is 23.8 Å². The Labute approximate surface area is 152 Å². The van der Waals surface area contributed by atoms with E-state index >= 15 is 0 Å². The lowest BCUT2D eigenvalue weighted by molar-refractivity contribution is 0.0601. The number of rotatable bonds is 6. The van der Waals surface area contributed by atoms with Crippen molar-refractivity contribution in [3.05, 3.63) is 64.7 Å². The molecule has 2 N–H and O–H groups in total. The van der Waals surface area contributed by atoms with Crippen LogP contribution in [0.2, 0.25) is 5.02 Å².